The van der Waals surface area contributed by atoms with Gasteiger partial charge in [-0.15, -0.1) is 0 Å². The van der Waals surface area contributed by atoms with E-state index in [1.807, 2.05) is 12.1 Å². The first-order valence-electron chi connectivity index (χ1n) is 8.17. The molecule has 0 atom stereocenters. The molecule has 25 heavy (non-hydrogen) atoms. The second-order valence-electron chi connectivity index (χ2n) is 5.80. The predicted molar refractivity (Wildman–Crippen MR) is 94.2 cm³/mol. The maximum Gasteiger partial charge on any atom is 0.251 e. The monoisotopic (exact) mass is 340 g/mol. The Balaban J connectivity index is 1.56. The first kappa shape index (κ1) is 17.0. The number of phenolic OH excluding ortho intramolecular Hbond substituents is 1. The number of carbonyl (C=O) groups is 2. The maximum atomic E-state index is 12.2. The highest BCUT2D eigenvalue weighted by molar-refractivity contribution is 6.02. The number of nitrogens with zero attached hydrogens (tertiary/aromatic N) is 1. The molecule has 2 aromatic carbocycles. The molecule has 1 amide bonds. The van der Waals surface area contributed by atoms with Gasteiger partial charge in [0.15, 0.2) is 5.78 Å². The Labute approximate surface area is 146 Å². The van der Waals surface area contributed by atoms with Crippen molar-refractivity contribution in [2.24, 2.45) is 0 Å². The smallest absolute Gasteiger partial charge is 0.251 e. The molecule has 2 N–H and O–H groups in total. The van der Waals surface area contributed by atoms with Gasteiger partial charge in [0.05, 0.1) is 19.8 Å². The molecule has 1 heterocycles. The quantitative estimate of drug-likeness (QED) is 0.812. The van der Waals surface area contributed by atoms with Gasteiger partial charge in [-0.2, -0.15) is 0 Å². The zero-order valence-corrected chi connectivity index (χ0v) is 13.8. The Kier molecular flexibility index (Phi) is 5.30. The number of benzene rings is 2. The van der Waals surface area contributed by atoms with Crippen molar-refractivity contribution in [3.8, 4) is 5.75 Å². The summed E-state index contributed by atoms with van der Waals surface area (Å²) in [6, 6.07) is 13.4. The maximum absolute atomic E-state index is 12.2. The lowest BCUT2D eigenvalue weighted by atomic mass is 10.1. The van der Waals surface area contributed by atoms with E-state index in [-0.39, 0.29) is 18.1 Å². The Morgan fingerprint density at radius 3 is 2.44 bits per heavy atom. The van der Waals surface area contributed by atoms with Gasteiger partial charge >= 0.3 is 0 Å². The second-order valence-corrected chi connectivity index (χ2v) is 5.80. The summed E-state index contributed by atoms with van der Waals surface area (Å²) in [5, 5.41) is 12.0. The summed E-state index contributed by atoms with van der Waals surface area (Å²) in [6.45, 7) is 3.01. The van der Waals surface area contributed by atoms with Crippen molar-refractivity contribution in [1.29, 1.82) is 0 Å². The van der Waals surface area contributed by atoms with Crippen molar-refractivity contribution in [2.75, 3.05) is 37.7 Å². The fourth-order valence-corrected chi connectivity index (χ4v) is 2.69. The van der Waals surface area contributed by atoms with Crippen LogP contribution in [0.4, 0.5) is 5.69 Å². The average molecular weight is 340 g/mol. The third kappa shape index (κ3) is 4.36. The summed E-state index contributed by atoms with van der Waals surface area (Å²) in [5.41, 5.74) is 1.92. The molecule has 0 unspecified atom stereocenters. The van der Waals surface area contributed by atoms with Crippen molar-refractivity contribution in [2.45, 2.75) is 0 Å². The van der Waals surface area contributed by atoms with Crippen LogP contribution in [-0.4, -0.2) is 49.6 Å². The number of nitrogens with one attached hydrogen (secondary N) is 1. The standard InChI is InChI=1S/C19H20N2O4/c22-17-3-1-2-15(12-17)19(24)20-13-18(23)14-4-6-16(7-5-14)21-8-10-25-11-9-21/h1-7,12,22H,8-11,13H2,(H,20,24). The summed E-state index contributed by atoms with van der Waals surface area (Å²) < 4.78 is 5.33. The largest absolute Gasteiger partial charge is 0.508 e. The molecule has 1 aliphatic heterocycles. The highest BCUT2D eigenvalue weighted by Gasteiger charge is 2.13. The van der Waals surface area contributed by atoms with Gasteiger partial charge in [-0.05, 0) is 42.5 Å². The van der Waals surface area contributed by atoms with E-state index >= 15 is 0 Å². The number of rotatable bonds is 5. The number of hydrogen-bond donors (Lipinski definition) is 2. The van der Waals surface area contributed by atoms with E-state index in [0.717, 1.165) is 18.8 Å². The highest BCUT2D eigenvalue weighted by atomic mass is 16.5. The lowest BCUT2D eigenvalue weighted by Crippen LogP contribution is -2.36. The Hall–Kier alpha value is -2.86. The number of anilines is 1. The van der Waals surface area contributed by atoms with Gasteiger partial charge in [-0.1, -0.05) is 6.07 Å². The zero-order valence-electron chi connectivity index (χ0n) is 13.8. The number of phenols is 1. The van der Waals surface area contributed by atoms with Gasteiger partial charge in [-0.3, -0.25) is 9.59 Å². The van der Waals surface area contributed by atoms with Crippen LogP contribution in [-0.2, 0) is 4.74 Å². The van der Waals surface area contributed by atoms with Crippen LogP contribution in [0, 0.1) is 0 Å². The summed E-state index contributed by atoms with van der Waals surface area (Å²) in [4.78, 5) is 26.4. The van der Waals surface area contributed by atoms with Gasteiger partial charge in [0.2, 0.25) is 0 Å². The summed E-state index contributed by atoms with van der Waals surface area (Å²) in [5.74, 6) is -0.547. The summed E-state index contributed by atoms with van der Waals surface area (Å²) >= 11 is 0. The van der Waals surface area contributed by atoms with E-state index in [0.29, 0.717) is 24.3 Å². The summed E-state index contributed by atoms with van der Waals surface area (Å²) in [7, 11) is 0. The van der Waals surface area contributed by atoms with Crippen LogP contribution >= 0.6 is 0 Å². The molecule has 0 bridgehead atoms. The second kappa shape index (κ2) is 7.81. The molecule has 0 spiro atoms. The minimum atomic E-state index is -0.394. The molecular formula is C19H20N2O4. The number of hydrogen-bond acceptors (Lipinski definition) is 5. The molecule has 1 saturated heterocycles. The molecule has 1 aliphatic rings. The van der Waals surface area contributed by atoms with Gasteiger partial charge in [-0.25, -0.2) is 0 Å². The lowest BCUT2D eigenvalue weighted by molar-refractivity contribution is 0.0904. The van der Waals surface area contributed by atoms with Gasteiger partial charge < -0.3 is 20.1 Å². The van der Waals surface area contributed by atoms with E-state index in [1.54, 1.807) is 24.3 Å². The van der Waals surface area contributed by atoms with Crippen molar-refractivity contribution in [3.63, 3.8) is 0 Å². The third-order valence-corrected chi connectivity index (χ3v) is 4.08. The molecule has 2 aromatic rings. The molecule has 1 fully saturated rings. The van der Waals surface area contributed by atoms with Crippen LogP contribution in [0.25, 0.3) is 0 Å². The van der Waals surface area contributed by atoms with Crippen molar-refractivity contribution in [3.05, 3.63) is 59.7 Å². The van der Waals surface area contributed by atoms with E-state index in [1.165, 1.54) is 12.1 Å². The van der Waals surface area contributed by atoms with Crippen LogP contribution in [0.3, 0.4) is 0 Å². The Bertz CT molecular complexity index is 752. The predicted octanol–water partition coefficient (Wildman–Crippen LogP) is 1.84. The Morgan fingerprint density at radius 1 is 1.04 bits per heavy atom. The number of aromatic hydroxyl groups is 1. The molecule has 0 aromatic heterocycles. The van der Waals surface area contributed by atoms with Crippen LogP contribution in [0.15, 0.2) is 48.5 Å². The minimum absolute atomic E-state index is 0.0117. The van der Waals surface area contributed by atoms with E-state index in [2.05, 4.69) is 10.2 Å². The number of carbonyl (C=O) groups excluding carboxylic acids is 2. The first-order chi connectivity index (χ1) is 12.1. The highest BCUT2D eigenvalue weighted by Crippen LogP contribution is 2.17. The average Bonchev–Trinajstić information content (AvgIpc) is 2.66. The molecular weight excluding hydrogens is 320 g/mol. The van der Waals surface area contributed by atoms with Gasteiger partial charge in [0.1, 0.15) is 5.75 Å². The van der Waals surface area contributed by atoms with Gasteiger partial charge in [0.25, 0.3) is 5.91 Å². The van der Waals surface area contributed by atoms with Crippen LogP contribution in [0.5, 0.6) is 5.75 Å². The lowest BCUT2D eigenvalue weighted by Gasteiger charge is -2.28. The first-order valence-corrected chi connectivity index (χ1v) is 8.17. The third-order valence-electron chi connectivity index (χ3n) is 4.08. The topological polar surface area (TPSA) is 78.9 Å². The zero-order chi connectivity index (χ0) is 17.6. The number of ketones is 1. The van der Waals surface area contributed by atoms with Crippen molar-refractivity contribution in [1.82, 2.24) is 5.32 Å². The molecule has 0 radical (unpaired) electrons. The number of amides is 1. The number of morpholine rings is 1. The van der Waals surface area contributed by atoms with Crippen LogP contribution < -0.4 is 10.2 Å². The molecule has 0 aliphatic carbocycles. The van der Waals surface area contributed by atoms with E-state index in [9.17, 15) is 14.7 Å². The SMILES string of the molecule is O=C(CNC(=O)c1cccc(O)c1)c1ccc(N2CCOCC2)cc1. The molecule has 0 saturated carbocycles. The normalized spacial score (nSPS) is 14.2. The fraction of sp³-hybridized carbons (Fsp3) is 0.263. The number of ether oxygens (including phenoxy) is 1. The van der Waals surface area contributed by atoms with Crippen LogP contribution in [0.2, 0.25) is 0 Å². The number of Topliss-reactive ketones (excluding diaryl/α,β-unsaturated/α-hetero) is 1. The summed E-state index contributed by atoms with van der Waals surface area (Å²) in [6.07, 6.45) is 0. The Morgan fingerprint density at radius 2 is 1.76 bits per heavy atom. The van der Waals surface area contributed by atoms with Crippen molar-refractivity contribution >= 4 is 17.4 Å². The fourth-order valence-electron chi connectivity index (χ4n) is 2.69. The van der Waals surface area contributed by atoms with E-state index < -0.39 is 5.91 Å². The van der Waals surface area contributed by atoms with E-state index in [4.69, 9.17) is 4.74 Å². The molecule has 6 nitrogen and oxygen atoms in total. The molecule has 6 heteroatoms. The van der Waals surface area contributed by atoms with Crippen molar-refractivity contribution < 1.29 is 19.4 Å². The molecule has 130 valence electrons. The van der Waals surface area contributed by atoms with Gasteiger partial charge in [0, 0.05) is 29.9 Å². The van der Waals surface area contributed by atoms with Crippen LogP contribution in [0.1, 0.15) is 20.7 Å². The minimum Gasteiger partial charge on any atom is -0.508 e. The molecule has 3 rings (SSSR count).